The molecule has 2 heterocycles. The van der Waals surface area contributed by atoms with E-state index < -0.39 is 17.7 Å². The molecule has 9 heteroatoms. The van der Waals surface area contributed by atoms with Crippen molar-refractivity contribution in [2.75, 3.05) is 19.1 Å². The van der Waals surface area contributed by atoms with Gasteiger partial charge >= 0.3 is 5.91 Å². The summed E-state index contributed by atoms with van der Waals surface area (Å²) in [5.74, 6) is 0.179. The molecule has 5 rings (SSSR count). The fraction of sp³-hybridized carbons (Fsp3) is 0.233. The molecular weight excluding hydrogens is 498 g/mol. The predicted molar refractivity (Wildman–Crippen MR) is 147 cm³/mol. The van der Waals surface area contributed by atoms with Gasteiger partial charge in [0.25, 0.3) is 5.78 Å². The number of carbonyl (C=O) groups is 2. The Bertz CT molecular complexity index is 1600. The number of aliphatic hydroxyl groups is 1. The fourth-order valence-electron chi connectivity index (χ4n) is 4.71. The first kappa shape index (κ1) is 25.8. The van der Waals surface area contributed by atoms with Crippen LogP contribution in [0.1, 0.15) is 36.6 Å². The lowest BCUT2D eigenvalue weighted by atomic mass is 9.95. The number of aromatic nitrogens is 2. The third kappa shape index (κ3) is 4.67. The summed E-state index contributed by atoms with van der Waals surface area (Å²) < 4.78 is 16.4. The minimum atomic E-state index is -0.940. The molecule has 4 aromatic rings. The van der Waals surface area contributed by atoms with Crippen molar-refractivity contribution in [1.29, 1.82) is 0 Å². The quantitative estimate of drug-likeness (QED) is 0.190. The van der Waals surface area contributed by atoms with Crippen LogP contribution in [0.2, 0.25) is 0 Å². The average molecular weight is 528 g/mol. The summed E-state index contributed by atoms with van der Waals surface area (Å²) in [4.78, 5) is 36.0. The predicted octanol–water partition coefficient (Wildman–Crippen LogP) is 5.30. The Labute approximate surface area is 225 Å². The van der Waals surface area contributed by atoms with Crippen molar-refractivity contribution in [2.24, 2.45) is 0 Å². The first-order valence-corrected chi connectivity index (χ1v) is 12.5. The number of rotatable bonds is 7. The van der Waals surface area contributed by atoms with Gasteiger partial charge in [0.15, 0.2) is 0 Å². The Morgan fingerprint density at radius 1 is 0.974 bits per heavy atom. The van der Waals surface area contributed by atoms with Crippen LogP contribution in [-0.4, -0.2) is 47.1 Å². The molecule has 3 aromatic carbocycles. The molecule has 1 unspecified atom stereocenters. The maximum Gasteiger partial charge on any atom is 0.302 e. The normalized spacial score (nSPS) is 16.8. The van der Waals surface area contributed by atoms with Crippen LogP contribution < -0.4 is 19.1 Å². The van der Waals surface area contributed by atoms with Gasteiger partial charge < -0.3 is 24.3 Å². The topological polar surface area (TPSA) is 114 Å². The first-order chi connectivity index (χ1) is 18.7. The summed E-state index contributed by atoms with van der Waals surface area (Å²) in [6.45, 7) is 5.71. The highest BCUT2D eigenvalue weighted by atomic mass is 16.5. The zero-order chi connectivity index (χ0) is 27.8. The fourth-order valence-corrected chi connectivity index (χ4v) is 4.71. The molecular formula is C30H29N3O6. The molecule has 1 fully saturated rings. The van der Waals surface area contributed by atoms with Crippen LogP contribution in [-0.2, 0) is 9.59 Å². The van der Waals surface area contributed by atoms with E-state index in [9.17, 15) is 14.7 Å². The van der Waals surface area contributed by atoms with E-state index in [4.69, 9.17) is 14.2 Å². The number of hydrogen-bond donors (Lipinski definition) is 2. The molecule has 2 N–H and O–H groups in total. The molecule has 1 atom stereocenters. The van der Waals surface area contributed by atoms with E-state index >= 15 is 0 Å². The van der Waals surface area contributed by atoms with Crippen molar-refractivity contribution in [1.82, 2.24) is 9.97 Å². The van der Waals surface area contributed by atoms with Gasteiger partial charge in [-0.15, -0.1) is 0 Å². The van der Waals surface area contributed by atoms with Crippen LogP contribution in [0.5, 0.6) is 17.2 Å². The Kier molecular flexibility index (Phi) is 6.74. The van der Waals surface area contributed by atoms with Gasteiger partial charge in [0.2, 0.25) is 5.95 Å². The summed E-state index contributed by atoms with van der Waals surface area (Å²) in [7, 11) is 3.11. The minimum Gasteiger partial charge on any atom is -0.507 e. The highest BCUT2D eigenvalue weighted by Crippen LogP contribution is 2.42. The van der Waals surface area contributed by atoms with Crippen molar-refractivity contribution in [3.63, 3.8) is 0 Å². The third-order valence-corrected chi connectivity index (χ3v) is 6.59. The molecule has 200 valence electrons. The van der Waals surface area contributed by atoms with Crippen molar-refractivity contribution < 1.29 is 28.9 Å². The smallest absolute Gasteiger partial charge is 0.302 e. The highest BCUT2D eigenvalue weighted by Gasteiger charge is 2.48. The van der Waals surface area contributed by atoms with Gasteiger partial charge in [0, 0.05) is 11.6 Å². The molecule has 0 aliphatic carbocycles. The van der Waals surface area contributed by atoms with Crippen molar-refractivity contribution >= 4 is 34.4 Å². The summed E-state index contributed by atoms with van der Waals surface area (Å²) in [5.41, 5.74) is 2.98. The number of hydrogen-bond acceptors (Lipinski definition) is 7. The summed E-state index contributed by atoms with van der Waals surface area (Å²) in [6, 6.07) is 16.5. The van der Waals surface area contributed by atoms with Crippen LogP contribution in [0.3, 0.4) is 0 Å². The van der Waals surface area contributed by atoms with Crippen LogP contribution in [0, 0.1) is 6.92 Å². The van der Waals surface area contributed by atoms with Gasteiger partial charge in [-0.05, 0) is 74.4 Å². The lowest BCUT2D eigenvalue weighted by Crippen LogP contribution is -2.30. The van der Waals surface area contributed by atoms with E-state index in [2.05, 4.69) is 9.97 Å². The Morgan fingerprint density at radius 3 is 2.31 bits per heavy atom. The van der Waals surface area contributed by atoms with Gasteiger partial charge in [0.05, 0.1) is 43.0 Å². The van der Waals surface area contributed by atoms with Crippen molar-refractivity contribution in [3.05, 3.63) is 82.9 Å². The zero-order valence-corrected chi connectivity index (χ0v) is 22.3. The Morgan fingerprint density at radius 2 is 1.67 bits per heavy atom. The number of ether oxygens (including phenoxy) is 3. The number of benzene rings is 3. The van der Waals surface area contributed by atoms with Crippen LogP contribution in [0.4, 0.5) is 5.95 Å². The molecule has 9 nitrogen and oxygen atoms in total. The second kappa shape index (κ2) is 10.2. The number of ketones is 1. The number of nitrogens with zero attached hydrogens (tertiary/aromatic N) is 2. The molecule has 0 bridgehead atoms. The van der Waals surface area contributed by atoms with Gasteiger partial charge in [-0.1, -0.05) is 12.1 Å². The molecule has 0 radical (unpaired) electrons. The average Bonchev–Trinajstić information content (AvgIpc) is 3.46. The van der Waals surface area contributed by atoms with Crippen molar-refractivity contribution in [2.45, 2.75) is 32.9 Å². The summed E-state index contributed by atoms with van der Waals surface area (Å²) in [5, 5.41) is 11.5. The maximum atomic E-state index is 13.5. The number of Topliss-reactive ketones (excluding diaryl/α,β-unsaturated/α-hetero) is 1. The van der Waals surface area contributed by atoms with Gasteiger partial charge in [-0.2, -0.15) is 0 Å². The number of amides is 1. The van der Waals surface area contributed by atoms with E-state index in [0.29, 0.717) is 39.4 Å². The molecule has 39 heavy (non-hydrogen) atoms. The van der Waals surface area contributed by atoms with E-state index in [-0.39, 0.29) is 23.4 Å². The largest absolute Gasteiger partial charge is 0.507 e. The van der Waals surface area contributed by atoms with Crippen LogP contribution >= 0.6 is 0 Å². The lowest BCUT2D eigenvalue weighted by Gasteiger charge is -2.23. The number of nitrogens with one attached hydrogen (secondary N) is 1. The number of carbonyl (C=O) groups excluding carboxylic acids is 2. The van der Waals surface area contributed by atoms with E-state index in [1.165, 1.54) is 4.90 Å². The van der Waals surface area contributed by atoms with Gasteiger partial charge in [-0.25, -0.2) is 4.98 Å². The molecule has 1 aliphatic heterocycles. The molecule has 1 aromatic heterocycles. The molecule has 0 saturated carbocycles. The number of fused-ring (bicyclic) bond motifs is 1. The third-order valence-electron chi connectivity index (χ3n) is 6.59. The standard InChI is InChI=1S/C30H29N3O6/c1-16(2)39-24-13-8-19(14-17(24)3)27(34)25-26(18-6-9-20(37-4)10-7-18)33(29(36)28(25)35)30-31-22-12-11-21(38-5)15-23(22)32-30/h6-16,26,34H,1-5H3,(H,31,32)/b27-25+. The maximum absolute atomic E-state index is 13.5. The highest BCUT2D eigenvalue weighted by molar-refractivity contribution is 6.51. The summed E-state index contributed by atoms with van der Waals surface area (Å²) >= 11 is 0. The van der Waals surface area contributed by atoms with E-state index in [1.807, 2.05) is 20.8 Å². The lowest BCUT2D eigenvalue weighted by molar-refractivity contribution is -0.132. The van der Waals surface area contributed by atoms with Gasteiger partial charge in [0.1, 0.15) is 23.0 Å². The number of aryl methyl sites for hydroxylation is 1. The van der Waals surface area contributed by atoms with Gasteiger partial charge in [-0.3, -0.25) is 14.5 Å². The monoisotopic (exact) mass is 527 g/mol. The Balaban J connectivity index is 1.67. The summed E-state index contributed by atoms with van der Waals surface area (Å²) in [6.07, 6.45) is -0.0210. The van der Waals surface area contributed by atoms with Crippen molar-refractivity contribution in [3.8, 4) is 17.2 Å². The molecule has 1 amide bonds. The number of methoxy groups -OCH3 is 2. The Hall–Kier alpha value is -4.79. The first-order valence-electron chi connectivity index (χ1n) is 12.5. The molecule has 1 aliphatic rings. The number of H-pyrrole nitrogens is 1. The number of anilines is 1. The molecule has 0 spiro atoms. The second-order valence-corrected chi connectivity index (χ2v) is 9.53. The van der Waals surface area contributed by atoms with Crippen LogP contribution in [0.25, 0.3) is 16.8 Å². The molecule has 1 saturated heterocycles. The van der Waals surface area contributed by atoms with Crippen LogP contribution in [0.15, 0.2) is 66.2 Å². The second-order valence-electron chi connectivity index (χ2n) is 9.53. The van der Waals surface area contributed by atoms with E-state index in [0.717, 1.165) is 5.56 Å². The number of aliphatic hydroxyl groups excluding tert-OH is 1. The SMILES string of the molecule is COc1ccc(C2/C(=C(\O)c3ccc(OC(C)C)c(C)c3)C(=O)C(=O)N2c2nc3ccc(OC)cc3[nH]2)cc1. The minimum absolute atomic E-state index is 0.0210. The number of aromatic amines is 1. The zero-order valence-electron chi connectivity index (χ0n) is 22.3. The van der Waals surface area contributed by atoms with E-state index in [1.54, 1.807) is 74.9 Å². The number of imidazole rings is 1.